The van der Waals surface area contributed by atoms with E-state index in [9.17, 15) is 9.59 Å². The van der Waals surface area contributed by atoms with Crippen molar-refractivity contribution in [1.29, 1.82) is 0 Å². The Labute approximate surface area is 148 Å². The summed E-state index contributed by atoms with van der Waals surface area (Å²) < 4.78 is 0. The van der Waals surface area contributed by atoms with E-state index in [1.165, 1.54) is 25.7 Å². The zero-order valence-corrected chi connectivity index (χ0v) is 14.5. The first-order chi connectivity index (χ1) is 12.1. The summed E-state index contributed by atoms with van der Waals surface area (Å²) in [6, 6.07) is 5.50. The van der Waals surface area contributed by atoms with Crippen molar-refractivity contribution < 1.29 is 14.8 Å². The molecule has 4 atom stereocenters. The van der Waals surface area contributed by atoms with Gasteiger partial charge in [-0.25, -0.2) is 5.48 Å². The molecule has 1 aromatic carbocycles. The number of nitrogens with one attached hydrogen (secondary N) is 2. The molecule has 0 aliphatic heterocycles. The number of amides is 2. The van der Waals surface area contributed by atoms with Crippen LogP contribution in [0.1, 0.15) is 72.5 Å². The van der Waals surface area contributed by atoms with Crippen LogP contribution in [-0.2, 0) is 11.2 Å². The van der Waals surface area contributed by atoms with Gasteiger partial charge in [0.05, 0.1) is 6.04 Å². The summed E-state index contributed by atoms with van der Waals surface area (Å²) in [4.78, 5) is 24.2. The first-order valence-electron chi connectivity index (χ1n) is 9.50. The SMILES string of the molecule is O=C(CC1C[C@@H]2CCC1C2)NC1CCCc2cc(C(=O)NO)ccc21. The minimum absolute atomic E-state index is 0.0427. The van der Waals surface area contributed by atoms with Gasteiger partial charge >= 0.3 is 0 Å². The highest BCUT2D eigenvalue weighted by atomic mass is 16.5. The van der Waals surface area contributed by atoms with Gasteiger partial charge in [0.2, 0.25) is 5.91 Å². The van der Waals surface area contributed by atoms with Crippen LogP contribution in [0.15, 0.2) is 18.2 Å². The fraction of sp³-hybridized carbons (Fsp3) is 0.600. The summed E-state index contributed by atoms with van der Waals surface area (Å²) in [6.45, 7) is 0. The highest BCUT2D eigenvalue weighted by molar-refractivity contribution is 5.93. The molecular formula is C20H26N2O3. The largest absolute Gasteiger partial charge is 0.349 e. The van der Waals surface area contributed by atoms with Gasteiger partial charge in [-0.3, -0.25) is 14.8 Å². The Morgan fingerprint density at radius 2 is 2.04 bits per heavy atom. The molecule has 134 valence electrons. The van der Waals surface area contributed by atoms with E-state index >= 15 is 0 Å². The summed E-state index contributed by atoms with van der Waals surface area (Å²) >= 11 is 0. The summed E-state index contributed by atoms with van der Waals surface area (Å²) in [6.07, 6.45) is 8.75. The van der Waals surface area contributed by atoms with E-state index in [2.05, 4.69) is 5.32 Å². The third kappa shape index (κ3) is 3.30. The number of benzene rings is 1. The number of hydrogen-bond donors (Lipinski definition) is 3. The molecule has 0 heterocycles. The Morgan fingerprint density at radius 3 is 2.76 bits per heavy atom. The molecule has 0 aromatic heterocycles. The highest BCUT2D eigenvalue weighted by Gasteiger charge is 2.40. The Balaban J connectivity index is 1.42. The minimum Gasteiger partial charge on any atom is -0.349 e. The normalized spacial score (nSPS) is 30.0. The van der Waals surface area contributed by atoms with E-state index in [0.29, 0.717) is 17.9 Å². The average Bonchev–Trinajstić information content (AvgIpc) is 3.23. The maximum atomic E-state index is 12.6. The minimum atomic E-state index is -0.495. The third-order valence-corrected chi connectivity index (χ3v) is 6.49. The van der Waals surface area contributed by atoms with E-state index in [1.54, 1.807) is 11.5 Å². The number of rotatable bonds is 4. The maximum Gasteiger partial charge on any atom is 0.274 e. The second-order valence-electron chi connectivity index (χ2n) is 8.01. The molecule has 2 saturated carbocycles. The van der Waals surface area contributed by atoms with Crippen molar-refractivity contribution in [3.05, 3.63) is 34.9 Å². The molecule has 2 amide bonds. The van der Waals surface area contributed by atoms with Crippen molar-refractivity contribution in [3.8, 4) is 0 Å². The van der Waals surface area contributed by atoms with Gasteiger partial charge in [-0.15, -0.1) is 0 Å². The molecule has 3 N–H and O–H groups in total. The van der Waals surface area contributed by atoms with Crippen LogP contribution < -0.4 is 10.8 Å². The molecular weight excluding hydrogens is 316 g/mol. The molecule has 1 aromatic rings. The van der Waals surface area contributed by atoms with Crippen molar-refractivity contribution >= 4 is 11.8 Å². The molecule has 3 aliphatic carbocycles. The molecule has 3 aliphatic rings. The molecule has 25 heavy (non-hydrogen) atoms. The number of aryl methyl sites for hydroxylation is 1. The van der Waals surface area contributed by atoms with E-state index in [0.717, 1.165) is 42.2 Å². The molecule has 5 heteroatoms. The Kier molecular flexibility index (Phi) is 4.50. The van der Waals surface area contributed by atoms with E-state index in [1.807, 2.05) is 12.1 Å². The lowest BCUT2D eigenvalue weighted by atomic mass is 9.84. The monoisotopic (exact) mass is 342 g/mol. The predicted molar refractivity (Wildman–Crippen MR) is 93.1 cm³/mol. The molecule has 5 nitrogen and oxygen atoms in total. The molecule has 0 radical (unpaired) electrons. The van der Waals surface area contributed by atoms with Gasteiger partial charge in [-0.05, 0) is 79.5 Å². The fourth-order valence-corrected chi connectivity index (χ4v) is 5.29. The number of carbonyl (C=O) groups excluding carboxylic acids is 2. The van der Waals surface area contributed by atoms with Crippen LogP contribution in [0.4, 0.5) is 0 Å². The van der Waals surface area contributed by atoms with Gasteiger partial charge in [0.25, 0.3) is 5.91 Å². The molecule has 0 saturated heterocycles. The highest BCUT2D eigenvalue weighted by Crippen LogP contribution is 2.49. The van der Waals surface area contributed by atoms with Crippen molar-refractivity contribution in [1.82, 2.24) is 10.8 Å². The fourth-order valence-electron chi connectivity index (χ4n) is 5.29. The quantitative estimate of drug-likeness (QED) is 0.581. The lowest BCUT2D eigenvalue weighted by Crippen LogP contribution is -2.33. The Morgan fingerprint density at radius 1 is 1.16 bits per heavy atom. The van der Waals surface area contributed by atoms with E-state index in [4.69, 9.17) is 5.21 Å². The van der Waals surface area contributed by atoms with Crippen LogP contribution in [0.5, 0.6) is 0 Å². The van der Waals surface area contributed by atoms with Crippen molar-refractivity contribution in [2.75, 3.05) is 0 Å². The smallest absolute Gasteiger partial charge is 0.274 e. The van der Waals surface area contributed by atoms with Crippen LogP contribution in [0.2, 0.25) is 0 Å². The van der Waals surface area contributed by atoms with Crippen LogP contribution in [0, 0.1) is 17.8 Å². The first-order valence-corrected chi connectivity index (χ1v) is 9.50. The standard InChI is InChI=1S/C20H26N2O3/c23-19(11-16-9-12-4-5-13(16)8-12)21-18-3-1-2-14-10-15(20(24)22-25)6-7-17(14)18/h6-7,10,12-13,16,18,25H,1-5,8-9,11H2,(H,21,23)(H,22,24)/t12-,13?,16?,18?/m1/s1. The molecule has 2 fully saturated rings. The molecule has 4 rings (SSSR count). The van der Waals surface area contributed by atoms with Gasteiger partial charge < -0.3 is 5.32 Å². The lowest BCUT2D eigenvalue weighted by Gasteiger charge is -2.28. The van der Waals surface area contributed by atoms with Gasteiger partial charge in [0.1, 0.15) is 0 Å². The topological polar surface area (TPSA) is 78.4 Å². The summed E-state index contributed by atoms with van der Waals surface area (Å²) in [5.41, 5.74) is 4.34. The second kappa shape index (κ2) is 6.79. The zero-order chi connectivity index (χ0) is 17.4. The summed E-state index contributed by atoms with van der Waals surface area (Å²) in [5.74, 6) is 1.90. The van der Waals surface area contributed by atoms with Crippen LogP contribution in [-0.4, -0.2) is 17.0 Å². The molecule has 0 spiro atoms. The molecule has 2 bridgehead atoms. The van der Waals surface area contributed by atoms with Crippen LogP contribution >= 0.6 is 0 Å². The third-order valence-electron chi connectivity index (χ3n) is 6.49. The Hall–Kier alpha value is -1.88. The Bertz CT molecular complexity index is 688. The van der Waals surface area contributed by atoms with Crippen molar-refractivity contribution in [2.24, 2.45) is 17.8 Å². The summed E-state index contributed by atoms with van der Waals surface area (Å²) in [5, 5.41) is 12.0. The second-order valence-corrected chi connectivity index (χ2v) is 8.01. The number of fused-ring (bicyclic) bond motifs is 3. The van der Waals surface area contributed by atoms with Crippen molar-refractivity contribution in [3.63, 3.8) is 0 Å². The van der Waals surface area contributed by atoms with Crippen LogP contribution in [0.3, 0.4) is 0 Å². The zero-order valence-electron chi connectivity index (χ0n) is 14.5. The first kappa shape index (κ1) is 16.6. The van der Waals surface area contributed by atoms with E-state index in [-0.39, 0.29) is 11.9 Å². The number of hydrogen-bond acceptors (Lipinski definition) is 3. The predicted octanol–water partition coefficient (Wildman–Crippen LogP) is 3.13. The lowest BCUT2D eigenvalue weighted by molar-refractivity contribution is -0.123. The van der Waals surface area contributed by atoms with Gasteiger partial charge in [-0.1, -0.05) is 12.5 Å². The average molecular weight is 342 g/mol. The summed E-state index contributed by atoms with van der Waals surface area (Å²) in [7, 11) is 0. The number of hydroxylamine groups is 1. The van der Waals surface area contributed by atoms with E-state index < -0.39 is 5.91 Å². The van der Waals surface area contributed by atoms with Gasteiger partial charge in [0.15, 0.2) is 0 Å². The maximum absolute atomic E-state index is 12.6. The molecule has 3 unspecified atom stereocenters. The van der Waals surface area contributed by atoms with Crippen LogP contribution in [0.25, 0.3) is 0 Å². The van der Waals surface area contributed by atoms with Gasteiger partial charge in [0, 0.05) is 12.0 Å². The van der Waals surface area contributed by atoms with Crippen molar-refractivity contribution in [2.45, 2.75) is 57.4 Å². The van der Waals surface area contributed by atoms with Gasteiger partial charge in [-0.2, -0.15) is 0 Å². The number of carbonyl (C=O) groups is 2.